The molecule has 1 fully saturated rings. The average molecular weight is 433 g/mol. The van der Waals surface area contributed by atoms with Crippen molar-refractivity contribution in [2.75, 3.05) is 50.0 Å². The third kappa shape index (κ3) is 4.21. The van der Waals surface area contributed by atoms with Crippen molar-refractivity contribution in [2.24, 2.45) is 0 Å². The van der Waals surface area contributed by atoms with Gasteiger partial charge >= 0.3 is 0 Å². The van der Waals surface area contributed by atoms with Crippen molar-refractivity contribution in [1.29, 1.82) is 0 Å². The maximum atomic E-state index is 5.44. The Kier molecular flexibility index (Phi) is 5.83. The molecular weight excluding hydrogens is 404 g/mol. The predicted octanol–water partition coefficient (Wildman–Crippen LogP) is 3.44. The van der Waals surface area contributed by atoms with Crippen molar-refractivity contribution in [1.82, 2.24) is 29.4 Å². The van der Waals surface area contributed by atoms with Gasteiger partial charge in [0.15, 0.2) is 17.0 Å². The maximum Gasteiger partial charge on any atom is 0.232 e. The third-order valence-corrected chi connectivity index (χ3v) is 5.71. The number of imidazole rings is 1. The number of hydrogen-bond acceptors (Lipinski definition) is 8. The zero-order chi connectivity index (χ0) is 21.9. The van der Waals surface area contributed by atoms with E-state index < -0.39 is 0 Å². The van der Waals surface area contributed by atoms with Crippen molar-refractivity contribution >= 4 is 39.5 Å². The molecule has 5 rings (SSSR count). The summed E-state index contributed by atoms with van der Waals surface area (Å²) >= 11 is 0. The lowest BCUT2D eigenvalue weighted by atomic mass is 10.1. The molecule has 9 heteroatoms. The van der Waals surface area contributed by atoms with Gasteiger partial charge in [-0.05, 0) is 25.3 Å². The van der Waals surface area contributed by atoms with Crippen molar-refractivity contribution in [3.05, 3.63) is 42.9 Å². The highest BCUT2D eigenvalue weighted by atomic mass is 16.5. The van der Waals surface area contributed by atoms with Gasteiger partial charge in [-0.2, -0.15) is 9.97 Å². The molecule has 32 heavy (non-hydrogen) atoms. The summed E-state index contributed by atoms with van der Waals surface area (Å²) in [5.74, 6) is 1.96. The summed E-state index contributed by atoms with van der Waals surface area (Å²) in [6, 6.07) is 10.4. The van der Waals surface area contributed by atoms with Gasteiger partial charge in [-0.3, -0.25) is 4.90 Å². The van der Waals surface area contributed by atoms with Crippen LogP contribution in [0.25, 0.3) is 21.9 Å². The summed E-state index contributed by atoms with van der Waals surface area (Å²) < 4.78 is 7.50. The van der Waals surface area contributed by atoms with E-state index in [1.165, 1.54) is 0 Å². The average Bonchev–Trinajstić information content (AvgIpc) is 3.25. The van der Waals surface area contributed by atoms with Gasteiger partial charge in [0.05, 0.1) is 19.5 Å². The highest BCUT2D eigenvalue weighted by molar-refractivity contribution is 5.93. The van der Waals surface area contributed by atoms with Crippen molar-refractivity contribution in [3.63, 3.8) is 0 Å². The molecule has 0 amide bonds. The SMILES string of the molecule is CC(C)n1cnc2c(NCCN3CCOCC3)nc(Nc3nccc4ccccc34)nc21. The van der Waals surface area contributed by atoms with Crippen molar-refractivity contribution in [2.45, 2.75) is 19.9 Å². The lowest BCUT2D eigenvalue weighted by Crippen LogP contribution is -2.39. The van der Waals surface area contributed by atoms with Crippen molar-refractivity contribution < 1.29 is 4.74 Å². The number of anilines is 3. The van der Waals surface area contributed by atoms with Gasteiger partial charge in [0, 0.05) is 43.8 Å². The first-order valence-corrected chi connectivity index (χ1v) is 11.1. The minimum absolute atomic E-state index is 0.236. The van der Waals surface area contributed by atoms with Crippen LogP contribution in [0.2, 0.25) is 0 Å². The molecule has 0 atom stereocenters. The van der Waals surface area contributed by atoms with Crippen LogP contribution in [0.5, 0.6) is 0 Å². The number of hydrogen-bond donors (Lipinski definition) is 2. The van der Waals surface area contributed by atoms with Gasteiger partial charge in [0.2, 0.25) is 5.95 Å². The third-order valence-electron chi connectivity index (χ3n) is 5.71. The molecule has 1 saturated heterocycles. The van der Waals surface area contributed by atoms with Crippen LogP contribution < -0.4 is 10.6 Å². The normalized spacial score (nSPS) is 15.0. The van der Waals surface area contributed by atoms with Crippen LogP contribution in [-0.2, 0) is 4.74 Å². The zero-order valence-corrected chi connectivity index (χ0v) is 18.5. The Balaban J connectivity index is 1.46. The van der Waals surface area contributed by atoms with E-state index >= 15 is 0 Å². The second-order valence-electron chi connectivity index (χ2n) is 8.20. The zero-order valence-electron chi connectivity index (χ0n) is 18.5. The van der Waals surface area contributed by atoms with E-state index in [4.69, 9.17) is 14.7 Å². The number of nitrogens with one attached hydrogen (secondary N) is 2. The fourth-order valence-corrected chi connectivity index (χ4v) is 3.96. The molecule has 4 aromatic rings. The van der Waals surface area contributed by atoms with Gasteiger partial charge in [-0.15, -0.1) is 0 Å². The van der Waals surface area contributed by atoms with Crippen LogP contribution in [0, 0.1) is 0 Å². The molecule has 166 valence electrons. The Bertz CT molecular complexity index is 1210. The van der Waals surface area contributed by atoms with Crippen LogP contribution in [0.15, 0.2) is 42.9 Å². The van der Waals surface area contributed by atoms with E-state index in [0.29, 0.717) is 5.95 Å². The molecule has 2 N–H and O–H groups in total. The summed E-state index contributed by atoms with van der Waals surface area (Å²) in [6.07, 6.45) is 3.63. The van der Waals surface area contributed by atoms with Gasteiger partial charge in [0.25, 0.3) is 0 Å². The van der Waals surface area contributed by atoms with Gasteiger partial charge < -0.3 is 19.9 Å². The molecular formula is C23H28N8O. The van der Waals surface area contributed by atoms with E-state index in [2.05, 4.69) is 50.0 Å². The number of rotatable bonds is 7. The number of ether oxygens (including phenoxy) is 1. The fraction of sp³-hybridized carbons (Fsp3) is 0.391. The number of morpholine rings is 1. The van der Waals surface area contributed by atoms with E-state index in [0.717, 1.165) is 73.0 Å². The molecule has 1 aliphatic heterocycles. The second-order valence-corrected chi connectivity index (χ2v) is 8.20. The Morgan fingerprint density at radius 1 is 1.03 bits per heavy atom. The molecule has 3 aromatic heterocycles. The Labute approximate surface area is 186 Å². The minimum atomic E-state index is 0.236. The number of benzene rings is 1. The largest absolute Gasteiger partial charge is 0.379 e. The number of nitrogens with zero attached hydrogens (tertiary/aromatic N) is 6. The molecule has 0 unspecified atom stereocenters. The molecule has 0 saturated carbocycles. The predicted molar refractivity (Wildman–Crippen MR) is 126 cm³/mol. The van der Waals surface area contributed by atoms with Crippen LogP contribution >= 0.6 is 0 Å². The van der Waals surface area contributed by atoms with E-state index in [1.807, 2.05) is 30.6 Å². The summed E-state index contributed by atoms with van der Waals surface area (Å²) in [5, 5.41) is 8.95. The van der Waals surface area contributed by atoms with Gasteiger partial charge in [-0.25, -0.2) is 9.97 Å². The summed E-state index contributed by atoms with van der Waals surface area (Å²) in [7, 11) is 0. The van der Waals surface area contributed by atoms with E-state index in [-0.39, 0.29) is 6.04 Å². The molecule has 0 bridgehead atoms. The van der Waals surface area contributed by atoms with E-state index in [1.54, 1.807) is 6.20 Å². The second kappa shape index (κ2) is 9.05. The first-order valence-electron chi connectivity index (χ1n) is 11.1. The standard InChI is InChI=1S/C23H28N8O/c1-16(2)31-15-26-19-21(25-9-10-30-11-13-32-14-12-30)28-23(29-22(19)31)27-20-18-6-4-3-5-17(18)7-8-24-20/h3-8,15-16H,9-14H2,1-2H3,(H2,24,25,27,28,29). The monoisotopic (exact) mass is 432 g/mol. The Morgan fingerprint density at radius 3 is 2.72 bits per heavy atom. The summed E-state index contributed by atoms with van der Waals surface area (Å²) in [5.41, 5.74) is 1.57. The van der Waals surface area contributed by atoms with Gasteiger partial charge in [-0.1, -0.05) is 24.3 Å². The highest BCUT2D eigenvalue weighted by Crippen LogP contribution is 2.27. The molecule has 1 aliphatic rings. The molecule has 0 spiro atoms. The van der Waals surface area contributed by atoms with Crippen LogP contribution in [0.3, 0.4) is 0 Å². The topological polar surface area (TPSA) is 93.0 Å². The first kappa shape index (κ1) is 20.6. The lowest BCUT2D eigenvalue weighted by molar-refractivity contribution is 0.0398. The summed E-state index contributed by atoms with van der Waals surface area (Å²) in [6.45, 7) is 9.44. The quantitative estimate of drug-likeness (QED) is 0.459. The summed E-state index contributed by atoms with van der Waals surface area (Å²) in [4.78, 5) is 21.1. The van der Waals surface area contributed by atoms with Crippen molar-refractivity contribution in [3.8, 4) is 0 Å². The molecule has 1 aromatic carbocycles. The number of aromatic nitrogens is 5. The first-order chi connectivity index (χ1) is 15.7. The Hall–Kier alpha value is -3.30. The van der Waals surface area contributed by atoms with E-state index in [9.17, 15) is 0 Å². The van der Waals surface area contributed by atoms with Crippen LogP contribution in [0.1, 0.15) is 19.9 Å². The maximum absolute atomic E-state index is 5.44. The molecule has 0 aliphatic carbocycles. The van der Waals surface area contributed by atoms with Crippen LogP contribution in [0.4, 0.5) is 17.6 Å². The molecule has 0 radical (unpaired) electrons. The van der Waals surface area contributed by atoms with Gasteiger partial charge in [0.1, 0.15) is 5.82 Å². The highest BCUT2D eigenvalue weighted by Gasteiger charge is 2.16. The number of fused-ring (bicyclic) bond motifs is 2. The molecule has 9 nitrogen and oxygen atoms in total. The Morgan fingerprint density at radius 2 is 1.88 bits per heavy atom. The number of pyridine rings is 1. The fourth-order valence-electron chi connectivity index (χ4n) is 3.96. The molecule has 4 heterocycles. The van der Waals surface area contributed by atoms with Crippen LogP contribution in [-0.4, -0.2) is 68.8 Å². The smallest absolute Gasteiger partial charge is 0.232 e. The lowest BCUT2D eigenvalue weighted by Gasteiger charge is -2.26. The minimum Gasteiger partial charge on any atom is -0.379 e.